The van der Waals surface area contributed by atoms with Gasteiger partial charge in [0.1, 0.15) is 0 Å². The van der Waals surface area contributed by atoms with Gasteiger partial charge < -0.3 is 0 Å². The lowest BCUT2D eigenvalue weighted by molar-refractivity contribution is 0.398. The number of hydrogen-bond donors (Lipinski definition) is 0. The molecule has 41 heavy (non-hydrogen) atoms. The predicted octanol–water partition coefficient (Wildman–Crippen LogP) is 13.4. The highest BCUT2D eigenvalue weighted by Crippen LogP contribution is 2.55. The summed E-state index contributed by atoms with van der Waals surface area (Å²) >= 11 is 0. The third kappa shape index (κ3) is 7.36. The molecular weight excluding hydrogens is 492 g/mol. The van der Waals surface area contributed by atoms with Crippen molar-refractivity contribution < 1.29 is 0 Å². The van der Waals surface area contributed by atoms with Gasteiger partial charge in [0.2, 0.25) is 0 Å². The molecule has 0 aliphatic heterocycles. The van der Waals surface area contributed by atoms with Gasteiger partial charge in [0.25, 0.3) is 0 Å². The van der Waals surface area contributed by atoms with Crippen LogP contribution in [0, 0.1) is 0 Å². The zero-order valence-electron chi connectivity index (χ0n) is 27.3. The van der Waals surface area contributed by atoms with Gasteiger partial charge in [-0.25, -0.2) is 0 Å². The highest BCUT2D eigenvalue weighted by Gasteiger charge is 2.42. The highest BCUT2D eigenvalue weighted by molar-refractivity contribution is 5.84. The lowest BCUT2D eigenvalue weighted by Crippen LogP contribution is -2.25. The molecule has 4 rings (SSSR count). The van der Waals surface area contributed by atoms with Crippen LogP contribution < -0.4 is 0 Å². The van der Waals surface area contributed by atoms with Gasteiger partial charge in [-0.3, -0.25) is 0 Å². The SMILES string of the molecule is CCCCCCCCC1(CCCCCCCC)c2ccccc2-c2ccc(-c3ccc(C(C)C)c(C(C)C)c3)cc21. The van der Waals surface area contributed by atoms with E-state index < -0.39 is 0 Å². The van der Waals surface area contributed by atoms with Crippen LogP contribution in [0.4, 0.5) is 0 Å². The van der Waals surface area contributed by atoms with E-state index in [-0.39, 0.29) is 5.41 Å². The largest absolute Gasteiger partial charge is 0.0654 e. The summed E-state index contributed by atoms with van der Waals surface area (Å²) in [6.07, 6.45) is 18.9. The standard InChI is InChI=1S/C41H58/c1-7-9-11-13-15-19-27-41(28-20-16-14-12-10-8-2)39-22-18-17-21-36(39)37-26-24-34(30-40(37)41)33-23-25-35(31(3)4)38(29-33)32(5)6/h17-18,21-26,29-32H,7-16,19-20,27-28H2,1-6H3. The monoisotopic (exact) mass is 550 g/mol. The van der Waals surface area contributed by atoms with Gasteiger partial charge in [-0.05, 0) is 75.3 Å². The van der Waals surface area contributed by atoms with Crippen LogP contribution in [0.2, 0.25) is 0 Å². The van der Waals surface area contributed by atoms with E-state index in [1.165, 1.54) is 123 Å². The summed E-state index contributed by atoms with van der Waals surface area (Å²) < 4.78 is 0. The van der Waals surface area contributed by atoms with E-state index in [9.17, 15) is 0 Å². The van der Waals surface area contributed by atoms with Crippen LogP contribution >= 0.6 is 0 Å². The maximum Gasteiger partial charge on any atom is 0.0215 e. The Kier molecular flexibility index (Phi) is 11.7. The molecule has 1 aliphatic carbocycles. The molecule has 0 N–H and O–H groups in total. The summed E-state index contributed by atoms with van der Waals surface area (Å²) in [5.41, 5.74) is 12.1. The normalized spacial score (nSPS) is 13.7. The minimum absolute atomic E-state index is 0.149. The average Bonchev–Trinajstić information content (AvgIpc) is 3.25. The van der Waals surface area contributed by atoms with Gasteiger partial charge in [0.05, 0.1) is 0 Å². The number of hydrogen-bond acceptors (Lipinski definition) is 0. The number of fused-ring (bicyclic) bond motifs is 3. The molecule has 0 amide bonds. The second kappa shape index (κ2) is 15.2. The van der Waals surface area contributed by atoms with E-state index in [1.807, 2.05) is 0 Å². The fraction of sp³-hybridized carbons (Fsp3) is 0.561. The molecule has 0 unspecified atom stereocenters. The minimum Gasteiger partial charge on any atom is -0.0654 e. The Bertz CT molecular complexity index is 1210. The van der Waals surface area contributed by atoms with Gasteiger partial charge in [-0.2, -0.15) is 0 Å². The van der Waals surface area contributed by atoms with Crippen molar-refractivity contribution in [2.75, 3.05) is 0 Å². The molecule has 0 aromatic heterocycles. The van der Waals surface area contributed by atoms with Crippen LogP contribution in [0.1, 0.15) is 166 Å². The first-order chi connectivity index (χ1) is 19.9. The molecule has 0 radical (unpaired) electrons. The third-order valence-electron chi connectivity index (χ3n) is 9.85. The number of rotatable bonds is 17. The van der Waals surface area contributed by atoms with Crippen molar-refractivity contribution in [1.29, 1.82) is 0 Å². The molecular formula is C41H58. The van der Waals surface area contributed by atoms with E-state index in [4.69, 9.17) is 0 Å². The van der Waals surface area contributed by atoms with Crippen LogP contribution in [0.25, 0.3) is 22.3 Å². The first-order valence-electron chi connectivity index (χ1n) is 17.3. The van der Waals surface area contributed by atoms with Crippen molar-refractivity contribution in [3.8, 4) is 22.3 Å². The molecule has 3 aromatic rings. The highest BCUT2D eigenvalue weighted by atomic mass is 14.4. The van der Waals surface area contributed by atoms with Gasteiger partial charge in [-0.1, -0.05) is 173 Å². The Morgan fingerprint density at radius 3 is 1.61 bits per heavy atom. The molecule has 0 fully saturated rings. The molecule has 0 nitrogen and oxygen atoms in total. The molecule has 0 saturated heterocycles. The lowest BCUT2D eigenvalue weighted by Gasteiger charge is -2.33. The number of benzene rings is 3. The molecule has 0 heterocycles. The second-order valence-electron chi connectivity index (χ2n) is 13.6. The van der Waals surface area contributed by atoms with Crippen molar-refractivity contribution in [2.45, 2.75) is 149 Å². The Hall–Kier alpha value is -2.34. The molecule has 0 spiro atoms. The van der Waals surface area contributed by atoms with Gasteiger partial charge in [0.15, 0.2) is 0 Å². The summed E-state index contributed by atoms with van der Waals surface area (Å²) in [5.74, 6) is 1.09. The van der Waals surface area contributed by atoms with Crippen LogP contribution in [0.15, 0.2) is 60.7 Å². The zero-order valence-corrected chi connectivity index (χ0v) is 27.3. The Balaban J connectivity index is 1.72. The smallest absolute Gasteiger partial charge is 0.0215 e. The van der Waals surface area contributed by atoms with Gasteiger partial charge in [-0.15, -0.1) is 0 Å². The fourth-order valence-electron chi connectivity index (χ4n) is 7.49. The van der Waals surface area contributed by atoms with Crippen molar-refractivity contribution in [3.05, 3.63) is 82.9 Å². The van der Waals surface area contributed by atoms with Crippen LogP contribution in [-0.2, 0) is 5.41 Å². The summed E-state index contributed by atoms with van der Waals surface area (Å²) in [5, 5.41) is 0. The summed E-state index contributed by atoms with van der Waals surface area (Å²) in [6.45, 7) is 14.0. The van der Waals surface area contributed by atoms with Crippen molar-refractivity contribution in [2.24, 2.45) is 0 Å². The van der Waals surface area contributed by atoms with Crippen LogP contribution in [0.3, 0.4) is 0 Å². The predicted molar refractivity (Wildman–Crippen MR) is 182 cm³/mol. The van der Waals surface area contributed by atoms with Gasteiger partial charge in [0, 0.05) is 5.41 Å². The molecule has 3 aromatic carbocycles. The summed E-state index contributed by atoms with van der Waals surface area (Å²) in [7, 11) is 0. The van der Waals surface area contributed by atoms with Crippen molar-refractivity contribution in [1.82, 2.24) is 0 Å². The second-order valence-corrected chi connectivity index (χ2v) is 13.6. The molecule has 0 saturated carbocycles. The quantitative estimate of drug-likeness (QED) is 0.147. The van der Waals surface area contributed by atoms with Crippen LogP contribution in [-0.4, -0.2) is 0 Å². The third-order valence-corrected chi connectivity index (χ3v) is 9.85. The minimum atomic E-state index is 0.149. The zero-order chi connectivity index (χ0) is 29.2. The molecule has 0 heteroatoms. The topological polar surface area (TPSA) is 0 Å². The summed E-state index contributed by atoms with van der Waals surface area (Å²) in [4.78, 5) is 0. The lowest BCUT2D eigenvalue weighted by atomic mass is 9.70. The Labute approximate surface area is 253 Å². The van der Waals surface area contributed by atoms with E-state index in [2.05, 4.69) is 102 Å². The Morgan fingerprint density at radius 1 is 0.488 bits per heavy atom. The van der Waals surface area contributed by atoms with E-state index >= 15 is 0 Å². The molecule has 0 atom stereocenters. The average molecular weight is 551 g/mol. The van der Waals surface area contributed by atoms with Crippen molar-refractivity contribution >= 4 is 0 Å². The molecule has 0 bridgehead atoms. The Morgan fingerprint density at radius 2 is 1.00 bits per heavy atom. The number of unbranched alkanes of at least 4 members (excludes halogenated alkanes) is 10. The fourth-order valence-corrected chi connectivity index (χ4v) is 7.49. The molecule has 1 aliphatic rings. The van der Waals surface area contributed by atoms with E-state index in [0.717, 1.165) is 0 Å². The maximum absolute atomic E-state index is 2.61. The van der Waals surface area contributed by atoms with Crippen molar-refractivity contribution in [3.63, 3.8) is 0 Å². The summed E-state index contributed by atoms with van der Waals surface area (Å²) in [6, 6.07) is 24.2. The maximum atomic E-state index is 2.61. The van der Waals surface area contributed by atoms with E-state index in [1.54, 1.807) is 11.1 Å². The van der Waals surface area contributed by atoms with E-state index in [0.29, 0.717) is 11.8 Å². The van der Waals surface area contributed by atoms with Gasteiger partial charge >= 0.3 is 0 Å². The first kappa shape index (κ1) is 31.6. The van der Waals surface area contributed by atoms with Crippen LogP contribution in [0.5, 0.6) is 0 Å². The molecule has 222 valence electrons. The first-order valence-corrected chi connectivity index (χ1v) is 17.3.